The van der Waals surface area contributed by atoms with E-state index in [1.807, 2.05) is 24.3 Å². The molecule has 2 aromatic carbocycles. The minimum atomic E-state index is -0.997. The highest BCUT2D eigenvalue weighted by Crippen LogP contribution is 2.24. The molecule has 3 N–H and O–H groups in total. The number of hydrogen-bond donors (Lipinski definition) is 3. The summed E-state index contributed by atoms with van der Waals surface area (Å²) in [5.41, 5.74) is 3.45. The molecule has 0 saturated heterocycles. The van der Waals surface area contributed by atoms with E-state index in [0.29, 0.717) is 23.4 Å². The van der Waals surface area contributed by atoms with Crippen LogP contribution in [0.4, 0.5) is 10.5 Å². The lowest BCUT2D eigenvalue weighted by atomic mass is 9.87. The minimum Gasteiger partial charge on any atom is -0.497 e. The Balaban J connectivity index is 1.71. The van der Waals surface area contributed by atoms with Crippen LogP contribution in [0.15, 0.2) is 42.5 Å². The van der Waals surface area contributed by atoms with Crippen LogP contribution in [0, 0.1) is 0 Å². The van der Waals surface area contributed by atoms with Gasteiger partial charge in [-0.15, -0.1) is 0 Å². The molecule has 1 unspecified atom stereocenters. The van der Waals surface area contributed by atoms with Gasteiger partial charge in [-0.05, 0) is 54.7 Å². The molecule has 2 aromatic rings. The number of aryl methyl sites for hydroxylation is 1. The van der Waals surface area contributed by atoms with E-state index in [1.165, 1.54) is 0 Å². The maximum atomic E-state index is 12.5. The van der Waals surface area contributed by atoms with Gasteiger partial charge in [-0.25, -0.2) is 4.79 Å². The van der Waals surface area contributed by atoms with Crippen molar-refractivity contribution in [3.8, 4) is 5.75 Å². The first-order chi connectivity index (χ1) is 12.0. The lowest BCUT2D eigenvalue weighted by molar-refractivity contribution is 0.102. The monoisotopic (exact) mass is 340 g/mol. The summed E-state index contributed by atoms with van der Waals surface area (Å²) in [7, 11) is 1.58. The van der Waals surface area contributed by atoms with Crippen molar-refractivity contribution >= 4 is 17.7 Å². The van der Waals surface area contributed by atoms with Crippen LogP contribution in [0.1, 0.15) is 27.9 Å². The standard InChI is InChI=1S/C19H20N2O4/c1-25-17-4-2-3-15(11-17)20-18(22)14-6-5-13-10-16(21-19(23)24)8-7-12(13)9-14/h2-6,9,11,16,21H,7-8,10H2,1H3,(H,20,22)(H,23,24). The molecule has 2 amide bonds. The number of ether oxygens (including phenoxy) is 1. The first-order valence-corrected chi connectivity index (χ1v) is 8.12. The number of carboxylic acid groups (broad SMARTS) is 1. The Bertz CT molecular complexity index is 804. The van der Waals surface area contributed by atoms with Gasteiger partial charge in [-0.2, -0.15) is 0 Å². The van der Waals surface area contributed by atoms with Crippen LogP contribution in [-0.4, -0.2) is 30.3 Å². The molecule has 130 valence electrons. The lowest BCUT2D eigenvalue weighted by Gasteiger charge is -2.24. The third-order valence-electron chi connectivity index (χ3n) is 4.35. The Morgan fingerprint density at radius 3 is 2.76 bits per heavy atom. The molecule has 0 spiro atoms. The number of benzene rings is 2. The second-order valence-electron chi connectivity index (χ2n) is 6.06. The van der Waals surface area contributed by atoms with Gasteiger partial charge in [0.15, 0.2) is 0 Å². The lowest BCUT2D eigenvalue weighted by Crippen LogP contribution is -2.37. The smallest absolute Gasteiger partial charge is 0.404 e. The summed E-state index contributed by atoms with van der Waals surface area (Å²) in [6, 6.07) is 12.7. The van der Waals surface area contributed by atoms with Gasteiger partial charge >= 0.3 is 6.09 Å². The molecule has 6 nitrogen and oxygen atoms in total. The molecule has 6 heteroatoms. The molecule has 0 fully saturated rings. The molecule has 0 aromatic heterocycles. The summed E-state index contributed by atoms with van der Waals surface area (Å²) < 4.78 is 5.15. The van der Waals surface area contributed by atoms with E-state index < -0.39 is 6.09 Å². The van der Waals surface area contributed by atoms with Crippen LogP contribution in [0.2, 0.25) is 0 Å². The SMILES string of the molecule is COc1cccc(NC(=O)c2ccc3c(c2)CCC(NC(=O)O)C3)c1. The quantitative estimate of drug-likeness (QED) is 0.798. The fourth-order valence-electron chi connectivity index (χ4n) is 3.10. The number of nitrogens with one attached hydrogen (secondary N) is 2. The van der Waals surface area contributed by atoms with E-state index in [0.717, 1.165) is 24.0 Å². The summed E-state index contributed by atoms with van der Waals surface area (Å²) in [6.07, 6.45) is 1.14. The molecular formula is C19H20N2O4. The van der Waals surface area contributed by atoms with E-state index in [1.54, 1.807) is 25.3 Å². The van der Waals surface area contributed by atoms with Gasteiger partial charge in [-0.1, -0.05) is 12.1 Å². The number of fused-ring (bicyclic) bond motifs is 1. The highest BCUT2D eigenvalue weighted by Gasteiger charge is 2.21. The van der Waals surface area contributed by atoms with Crippen molar-refractivity contribution in [1.82, 2.24) is 5.32 Å². The van der Waals surface area contributed by atoms with Gasteiger partial charge in [-0.3, -0.25) is 4.79 Å². The number of methoxy groups -OCH3 is 1. The van der Waals surface area contributed by atoms with E-state index in [4.69, 9.17) is 9.84 Å². The molecule has 0 radical (unpaired) electrons. The highest BCUT2D eigenvalue weighted by atomic mass is 16.5. The Kier molecular flexibility index (Phi) is 4.88. The van der Waals surface area contributed by atoms with Crippen molar-refractivity contribution in [3.05, 3.63) is 59.2 Å². The molecule has 0 aliphatic heterocycles. The average Bonchev–Trinajstić information content (AvgIpc) is 2.61. The van der Waals surface area contributed by atoms with Crippen LogP contribution >= 0.6 is 0 Å². The van der Waals surface area contributed by atoms with E-state index in [2.05, 4.69) is 10.6 Å². The highest BCUT2D eigenvalue weighted by molar-refractivity contribution is 6.04. The number of carbonyl (C=O) groups excluding carboxylic acids is 1. The predicted octanol–water partition coefficient (Wildman–Crippen LogP) is 3.07. The van der Waals surface area contributed by atoms with Crippen molar-refractivity contribution < 1.29 is 19.4 Å². The van der Waals surface area contributed by atoms with Gasteiger partial charge < -0.3 is 20.5 Å². The number of rotatable bonds is 4. The zero-order chi connectivity index (χ0) is 17.8. The second-order valence-corrected chi connectivity index (χ2v) is 6.06. The van der Waals surface area contributed by atoms with Gasteiger partial charge in [0.2, 0.25) is 0 Å². The van der Waals surface area contributed by atoms with Crippen molar-refractivity contribution in [2.75, 3.05) is 12.4 Å². The zero-order valence-corrected chi connectivity index (χ0v) is 13.9. The van der Waals surface area contributed by atoms with Crippen molar-refractivity contribution in [1.29, 1.82) is 0 Å². The Labute approximate surface area is 145 Å². The topological polar surface area (TPSA) is 87.7 Å². The van der Waals surface area contributed by atoms with Crippen LogP contribution in [0.3, 0.4) is 0 Å². The number of hydrogen-bond acceptors (Lipinski definition) is 3. The van der Waals surface area contributed by atoms with Crippen LogP contribution in [0.25, 0.3) is 0 Å². The van der Waals surface area contributed by atoms with Crippen LogP contribution in [0.5, 0.6) is 5.75 Å². The van der Waals surface area contributed by atoms with E-state index in [-0.39, 0.29) is 11.9 Å². The van der Waals surface area contributed by atoms with E-state index >= 15 is 0 Å². The second kappa shape index (κ2) is 7.25. The molecule has 1 aliphatic carbocycles. The summed E-state index contributed by atoms with van der Waals surface area (Å²) >= 11 is 0. The fourth-order valence-corrected chi connectivity index (χ4v) is 3.10. The summed E-state index contributed by atoms with van der Waals surface area (Å²) in [5.74, 6) is 0.502. The van der Waals surface area contributed by atoms with Gasteiger partial charge in [0.25, 0.3) is 5.91 Å². The normalized spacial score (nSPS) is 15.8. The maximum Gasteiger partial charge on any atom is 0.404 e. The maximum absolute atomic E-state index is 12.5. The zero-order valence-electron chi connectivity index (χ0n) is 13.9. The minimum absolute atomic E-state index is 0.0681. The molecule has 3 rings (SSSR count). The molecule has 1 atom stereocenters. The molecule has 1 aliphatic rings. The van der Waals surface area contributed by atoms with Crippen molar-refractivity contribution in [2.24, 2.45) is 0 Å². The van der Waals surface area contributed by atoms with Crippen LogP contribution in [-0.2, 0) is 12.8 Å². The Morgan fingerprint density at radius 2 is 2.00 bits per heavy atom. The number of carbonyl (C=O) groups is 2. The summed E-state index contributed by atoms with van der Waals surface area (Å²) in [5, 5.41) is 14.2. The van der Waals surface area contributed by atoms with Gasteiger partial charge in [0.05, 0.1) is 7.11 Å². The third kappa shape index (κ3) is 4.09. The molecule has 25 heavy (non-hydrogen) atoms. The summed E-state index contributed by atoms with van der Waals surface area (Å²) in [6.45, 7) is 0. The molecule has 0 bridgehead atoms. The number of amides is 2. The van der Waals surface area contributed by atoms with Gasteiger partial charge in [0.1, 0.15) is 5.75 Å². The van der Waals surface area contributed by atoms with Gasteiger partial charge in [0, 0.05) is 23.4 Å². The largest absolute Gasteiger partial charge is 0.497 e. The first-order valence-electron chi connectivity index (χ1n) is 8.12. The molecular weight excluding hydrogens is 320 g/mol. The molecule has 0 heterocycles. The first kappa shape index (κ1) is 16.8. The van der Waals surface area contributed by atoms with Crippen LogP contribution < -0.4 is 15.4 Å². The predicted molar refractivity (Wildman–Crippen MR) is 94.4 cm³/mol. The number of anilines is 1. The third-order valence-corrected chi connectivity index (χ3v) is 4.35. The summed E-state index contributed by atoms with van der Waals surface area (Å²) in [4.78, 5) is 23.2. The Hall–Kier alpha value is -3.02. The molecule has 0 saturated carbocycles. The van der Waals surface area contributed by atoms with Crippen molar-refractivity contribution in [3.63, 3.8) is 0 Å². The van der Waals surface area contributed by atoms with E-state index in [9.17, 15) is 9.59 Å². The van der Waals surface area contributed by atoms with Crippen molar-refractivity contribution in [2.45, 2.75) is 25.3 Å². The average molecular weight is 340 g/mol. The fraction of sp³-hybridized carbons (Fsp3) is 0.263. The Morgan fingerprint density at radius 1 is 1.16 bits per heavy atom.